The summed E-state index contributed by atoms with van der Waals surface area (Å²) in [6.07, 6.45) is 1.61. The lowest BCUT2D eigenvalue weighted by Crippen LogP contribution is -2.41. The van der Waals surface area contributed by atoms with Gasteiger partial charge in [0.25, 0.3) is 11.5 Å². The Morgan fingerprint density at radius 2 is 1.90 bits per heavy atom. The number of piperidine rings is 1. The zero-order valence-electron chi connectivity index (χ0n) is 16.1. The molecule has 8 heteroatoms. The van der Waals surface area contributed by atoms with Crippen LogP contribution in [0.25, 0.3) is 11.0 Å². The Balaban J connectivity index is 1.43. The number of nitrogens with zero attached hydrogens (tertiary/aromatic N) is 2. The molecule has 0 aliphatic carbocycles. The standard InChI is InChI=1S/C21H22N4O4/c1-13-11-16(22-18-17(13)19(26)24-21(28)23-18)20(27)25-9-7-15(8-10-25)29-12-14-5-3-2-4-6-14/h2-6,11,15H,7-10,12H2,1H3,(H2,22,23,24,26,28). The number of amides is 1. The molecular weight excluding hydrogens is 372 g/mol. The summed E-state index contributed by atoms with van der Waals surface area (Å²) in [6.45, 7) is 3.43. The quantitative estimate of drug-likeness (QED) is 0.701. The van der Waals surface area contributed by atoms with E-state index in [1.54, 1.807) is 17.9 Å². The molecule has 0 unspecified atom stereocenters. The molecule has 4 rings (SSSR count). The third kappa shape index (κ3) is 4.12. The number of aryl methyl sites for hydroxylation is 1. The summed E-state index contributed by atoms with van der Waals surface area (Å²) in [4.78, 5) is 47.1. The first-order chi connectivity index (χ1) is 14.0. The van der Waals surface area contributed by atoms with Gasteiger partial charge in [-0.1, -0.05) is 30.3 Å². The number of hydrogen-bond donors (Lipinski definition) is 2. The van der Waals surface area contributed by atoms with E-state index in [4.69, 9.17) is 4.74 Å². The number of carbonyl (C=O) groups excluding carboxylic acids is 1. The third-order valence-corrected chi connectivity index (χ3v) is 5.18. The number of ether oxygens (including phenoxy) is 1. The highest BCUT2D eigenvalue weighted by Crippen LogP contribution is 2.19. The normalized spacial score (nSPS) is 15.0. The lowest BCUT2D eigenvalue weighted by molar-refractivity contribution is -0.000504. The minimum absolute atomic E-state index is 0.112. The highest BCUT2D eigenvalue weighted by molar-refractivity contribution is 5.95. The second kappa shape index (κ2) is 8.00. The fourth-order valence-electron chi connectivity index (χ4n) is 3.64. The molecule has 1 amide bonds. The van der Waals surface area contributed by atoms with E-state index < -0.39 is 11.2 Å². The van der Waals surface area contributed by atoms with E-state index in [0.29, 0.717) is 25.3 Å². The van der Waals surface area contributed by atoms with Gasteiger partial charge in [0.05, 0.1) is 18.1 Å². The fourth-order valence-corrected chi connectivity index (χ4v) is 3.64. The van der Waals surface area contributed by atoms with Gasteiger partial charge < -0.3 is 9.64 Å². The van der Waals surface area contributed by atoms with Crippen molar-refractivity contribution in [1.82, 2.24) is 19.9 Å². The molecule has 0 bridgehead atoms. The largest absolute Gasteiger partial charge is 0.373 e. The van der Waals surface area contributed by atoms with Crippen molar-refractivity contribution in [3.63, 3.8) is 0 Å². The first-order valence-corrected chi connectivity index (χ1v) is 9.60. The fraction of sp³-hybridized carbons (Fsp3) is 0.333. The van der Waals surface area contributed by atoms with Gasteiger partial charge in [0, 0.05) is 13.1 Å². The number of pyridine rings is 1. The van der Waals surface area contributed by atoms with Crippen molar-refractivity contribution < 1.29 is 9.53 Å². The molecule has 1 saturated heterocycles. The van der Waals surface area contributed by atoms with Crippen LogP contribution in [0.2, 0.25) is 0 Å². The highest BCUT2D eigenvalue weighted by Gasteiger charge is 2.25. The van der Waals surface area contributed by atoms with Gasteiger partial charge in [0.2, 0.25) is 0 Å². The van der Waals surface area contributed by atoms with Gasteiger partial charge in [-0.05, 0) is 37.0 Å². The van der Waals surface area contributed by atoms with Crippen LogP contribution in [0.5, 0.6) is 0 Å². The van der Waals surface area contributed by atoms with E-state index in [1.807, 2.05) is 30.3 Å². The van der Waals surface area contributed by atoms with Crippen molar-refractivity contribution in [2.45, 2.75) is 32.5 Å². The average Bonchev–Trinajstić information content (AvgIpc) is 2.72. The highest BCUT2D eigenvalue weighted by atomic mass is 16.5. The average molecular weight is 394 g/mol. The zero-order chi connectivity index (χ0) is 20.4. The third-order valence-electron chi connectivity index (χ3n) is 5.18. The van der Waals surface area contributed by atoms with Crippen LogP contribution in [0.15, 0.2) is 46.0 Å². The number of hydrogen-bond acceptors (Lipinski definition) is 5. The Labute approximate surface area is 166 Å². The molecule has 0 saturated carbocycles. The minimum atomic E-state index is -0.643. The van der Waals surface area contributed by atoms with Gasteiger partial charge in [-0.2, -0.15) is 0 Å². The Kier molecular flexibility index (Phi) is 5.26. The summed E-state index contributed by atoms with van der Waals surface area (Å²) in [6, 6.07) is 11.6. The number of carbonyl (C=O) groups is 1. The molecule has 2 N–H and O–H groups in total. The van der Waals surface area contributed by atoms with Crippen LogP contribution in [-0.4, -0.2) is 45.0 Å². The van der Waals surface area contributed by atoms with Crippen LogP contribution in [-0.2, 0) is 11.3 Å². The van der Waals surface area contributed by atoms with E-state index >= 15 is 0 Å². The molecular formula is C21H22N4O4. The maximum Gasteiger partial charge on any atom is 0.327 e. The molecule has 3 aromatic rings. The maximum atomic E-state index is 12.9. The van der Waals surface area contributed by atoms with E-state index in [0.717, 1.165) is 18.4 Å². The SMILES string of the molecule is Cc1cc(C(=O)N2CCC(OCc3ccccc3)CC2)nc2[nH]c(=O)[nH]c(=O)c12. The van der Waals surface area contributed by atoms with Crippen molar-refractivity contribution in [2.24, 2.45) is 0 Å². The minimum Gasteiger partial charge on any atom is -0.373 e. The summed E-state index contributed by atoms with van der Waals surface area (Å²) < 4.78 is 5.97. The maximum absolute atomic E-state index is 12.9. The number of likely N-dealkylation sites (tertiary alicyclic amines) is 1. The van der Waals surface area contributed by atoms with Crippen LogP contribution in [0.3, 0.4) is 0 Å². The predicted molar refractivity (Wildman–Crippen MR) is 108 cm³/mol. The number of aromatic nitrogens is 3. The summed E-state index contributed by atoms with van der Waals surface area (Å²) in [5.74, 6) is -0.211. The Morgan fingerprint density at radius 3 is 2.62 bits per heavy atom. The van der Waals surface area contributed by atoms with Crippen molar-refractivity contribution in [3.8, 4) is 0 Å². The molecule has 1 fully saturated rings. The summed E-state index contributed by atoms with van der Waals surface area (Å²) >= 11 is 0. The molecule has 0 radical (unpaired) electrons. The van der Waals surface area contributed by atoms with Gasteiger partial charge in [-0.25, -0.2) is 9.78 Å². The molecule has 150 valence electrons. The lowest BCUT2D eigenvalue weighted by Gasteiger charge is -2.31. The topological polar surface area (TPSA) is 108 Å². The number of nitrogens with one attached hydrogen (secondary N) is 2. The van der Waals surface area contributed by atoms with Crippen molar-refractivity contribution in [2.75, 3.05) is 13.1 Å². The number of benzene rings is 1. The number of rotatable bonds is 4. The predicted octanol–water partition coefficient (Wildman–Crippen LogP) is 1.74. The molecule has 1 aromatic carbocycles. The first kappa shape index (κ1) is 19.1. The van der Waals surface area contributed by atoms with Gasteiger partial charge in [0.15, 0.2) is 0 Å². The van der Waals surface area contributed by atoms with E-state index in [9.17, 15) is 14.4 Å². The Bertz CT molecular complexity index is 1140. The molecule has 3 heterocycles. The molecule has 1 aliphatic rings. The van der Waals surface area contributed by atoms with Gasteiger partial charge in [-0.15, -0.1) is 0 Å². The van der Waals surface area contributed by atoms with Crippen LogP contribution >= 0.6 is 0 Å². The second-order valence-corrected chi connectivity index (χ2v) is 7.24. The number of fused-ring (bicyclic) bond motifs is 1. The van der Waals surface area contributed by atoms with Crippen molar-refractivity contribution >= 4 is 16.9 Å². The summed E-state index contributed by atoms with van der Waals surface area (Å²) in [5.41, 5.74) is 0.922. The molecule has 29 heavy (non-hydrogen) atoms. The van der Waals surface area contributed by atoms with E-state index in [2.05, 4.69) is 15.0 Å². The van der Waals surface area contributed by atoms with Gasteiger partial charge >= 0.3 is 5.69 Å². The van der Waals surface area contributed by atoms with Gasteiger partial charge in [0.1, 0.15) is 11.3 Å². The second-order valence-electron chi connectivity index (χ2n) is 7.24. The molecule has 2 aromatic heterocycles. The van der Waals surface area contributed by atoms with Gasteiger partial charge in [-0.3, -0.25) is 19.6 Å². The zero-order valence-corrected chi connectivity index (χ0v) is 16.1. The molecule has 1 aliphatic heterocycles. The molecule has 0 spiro atoms. The summed E-state index contributed by atoms with van der Waals surface area (Å²) in [7, 11) is 0. The van der Waals surface area contributed by atoms with Crippen LogP contribution in [0.4, 0.5) is 0 Å². The Morgan fingerprint density at radius 1 is 1.17 bits per heavy atom. The lowest BCUT2D eigenvalue weighted by atomic mass is 10.1. The van der Waals surface area contributed by atoms with E-state index in [1.165, 1.54) is 0 Å². The van der Waals surface area contributed by atoms with E-state index in [-0.39, 0.29) is 28.7 Å². The Hall–Kier alpha value is -3.26. The monoisotopic (exact) mass is 394 g/mol. The van der Waals surface area contributed by atoms with Crippen LogP contribution < -0.4 is 11.2 Å². The number of H-pyrrole nitrogens is 2. The summed E-state index contributed by atoms with van der Waals surface area (Å²) in [5, 5.41) is 0.286. The number of aromatic amines is 2. The molecule has 0 atom stereocenters. The van der Waals surface area contributed by atoms with Crippen molar-refractivity contribution in [3.05, 3.63) is 74.1 Å². The smallest absolute Gasteiger partial charge is 0.327 e. The van der Waals surface area contributed by atoms with Crippen LogP contribution in [0, 0.1) is 6.92 Å². The van der Waals surface area contributed by atoms with Crippen LogP contribution in [0.1, 0.15) is 34.5 Å². The molecule has 8 nitrogen and oxygen atoms in total. The van der Waals surface area contributed by atoms with Crippen molar-refractivity contribution in [1.29, 1.82) is 0 Å². The first-order valence-electron chi connectivity index (χ1n) is 9.60.